The molecule has 1 spiro atoms. The lowest BCUT2D eigenvalue weighted by molar-refractivity contribution is 0.125. The molecule has 5 heteroatoms. The van der Waals surface area contributed by atoms with Crippen LogP contribution in [-0.2, 0) is 21.9 Å². The summed E-state index contributed by atoms with van der Waals surface area (Å²) in [6, 6.07) is 24.5. The third kappa shape index (κ3) is 3.04. The summed E-state index contributed by atoms with van der Waals surface area (Å²) in [5, 5.41) is 0. The maximum Gasteiger partial charge on any atom is 0.172 e. The van der Waals surface area contributed by atoms with E-state index in [2.05, 4.69) is 146 Å². The standard InChI is InChI=1S/C40H41B2N3/c1-36(2,3)22-19-20-25-28(21-22)44(10)40(26-17-13-11-15-23(26)24-16-12-14-18-27(24)40)45-34-32(42)30-29(31(41)33(34)43-35(25)45)37(4,5)39(8,9)38(30,6)7/h11-21H,1-10H3. The highest BCUT2D eigenvalue weighted by Gasteiger charge is 2.59. The number of anilines is 1. The molecule has 2 heterocycles. The number of rotatable bonds is 0. The molecular formula is C40H41B2N3. The van der Waals surface area contributed by atoms with Crippen molar-refractivity contribution in [3.05, 3.63) is 94.5 Å². The first-order valence-electron chi connectivity index (χ1n) is 16.2. The van der Waals surface area contributed by atoms with Crippen LogP contribution in [0.5, 0.6) is 0 Å². The van der Waals surface area contributed by atoms with E-state index >= 15 is 0 Å². The summed E-state index contributed by atoms with van der Waals surface area (Å²) in [6.07, 6.45) is 0. The summed E-state index contributed by atoms with van der Waals surface area (Å²) in [5.74, 6) is 0.905. The molecule has 0 bridgehead atoms. The molecule has 1 aromatic heterocycles. The maximum absolute atomic E-state index is 7.53. The van der Waals surface area contributed by atoms with Gasteiger partial charge in [0, 0.05) is 23.7 Å². The fourth-order valence-electron chi connectivity index (χ4n) is 9.14. The van der Waals surface area contributed by atoms with Gasteiger partial charge in [-0.15, -0.1) is 0 Å². The highest BCUT2D eigenvalue weighted by atomic mass is 15.4. The van der Waals surface area contributed by atoms with Crippen LogP contribution in [0, 0.1) is 5.41 Å². The Balaban J connectivity index is 1.62. The van der Waals surface area contributed by atoms with E-state index in [9.17, 15) is 0 Å². The van der Waals surface area contributed by atoms with Gasteiger partial charge in [0.15, 0.2) is 5.66 Å². The Morgan fingerprint density at radius 1 is 0.689 bits per heavy atom. The van der Waals surface area contributed by atoms with Gasteiger partial charge in [-0.05, 0) is 61.6 Å². The first kappa shape index (κ1) is 28.7. The third-order valence-corrected chi connectivity index (χ3v) is 12.7. The van der Waals surface area contributed by atoms with Gasteiger partial charge < -0.3 is 4.90 Å². The zero-order valence-corrected chi connectivity index (χ0v) is 28.3. The van der Waals surface area contributed by atoms with Crippen LogP contribution in [-0.4, -0.2) is 32.3 Å². The van der Waals surface area contributed by atoms with Gasteiger partial charge >= 0.3 is 0 Å². The molecule has 3 nitrogen and oxygen atoms in total. The Labute approximate surface area is 270 Å². The van der Waals surface area contributed by atoms with E-state index in [1.54, 1.807) is 0 Å². The SMILES string of the molecule is [B]c1c2c(c([B])c3c1nc1n3C3(c4ccccc4-c4ccccc43)N(C)c3cc(C(C)(C)C)ccc3-1)C(C)(C)C(C)(C)C2(C)C. The van der Waals surface area contributed by atoms with Gasteiger partial charge in [0.2, 0.25) is 0 Å². The fourth-order valence-corrected chi connectivity index (χ4v) is 9.14. The molecule has 0 atom stereocenters. The zero-order chi connectivity index (χ0) is 32.2. The lowest BCUT2D eigenvalue weighted by Gasteiger charge is -2.48. The van der Waals surface area contributed by atoms with E-state index < -0.39 is 5.66 Å². The minimum atomic E-state index is -0.719. The second kappa shape index (κ2) is 8.35. The molecule has 0 saturated carbocycles. The number of imidazole rings is 1. The average molecular weight is 585 g/mol. The van der Waals surface area contributed by atoms with Crippen LogP contribution in [0.1, 0.15) is 90.1 Å². The minimum absolute atomic E-state index is 0.00820. The summed E-state index contributed by atoms with van der Waals surface area (Å²) in [7, 11) is 17.1. The molecule has 0 unspecified atom stereocenters. The fraction of sp³-hybridized carbons (Fsp3) is 0.375. The molecule has 1 aliphatic heterocycles. The van der Waals surface area contributed by atoms with Gasteiger partial charge in [-0.1, -0.05) is 128 Å². The first-order valence-corrected chi connectivity index (χ1v) is 16.2. The number of nitrogens with zero attached hydrogens (tertiary/aromatic N) is 3. The largest absolute Gasteiger partial charge is 0.343 e. The van der Waals surface area contributed by atoms with Crippen LogP contribution in [0.25, 0.3) is 33.5 Å². The quantitative estimate of drug-likeness (QED) is 0.177. The van der Waals surface area contributed by atoms with Crippen molar-refractivity contribution in [3.8, 4) is 22.5 Å². The summed E-state index contributed by atoms with van der Waals surface area (Å²) in [5.41, 5.74) is 12.8. The van der Waals surface area contributed by atoms with Gasteiger partial charge in [-0.2, -0.15) is 0 Å². The number of benzene rings is 4. The van der Waals surface area contributed by atoms with Crippen LogP contribution in [0.4, 0.5) is 5.69 Å². The van der Waals surface area contributed by atoms with Crippen molar-refractivity contribution in [2.75, 3.05) is 11.9 Å². The normalized spacial score (nSPS) is 19.3. The topological polar surface area (TPSA) is 21.1 Å². The van der Waals surface area contributed by atoms with Crippen molar-refractivity contribution in [3.63, 3.8) is 0 Å². The molecule has 0 amide bonds. The van der Waals surface area contributed by atoms with Crippen LogP contribution in [0.3, 0.4) is 0 Å². The number of aromatic nitrogens is 2. The van der Waals surface area contributed by atoms with Gasteiger partial charge in [-0.25, -0.2) is 4.98 Å². The molecule has 4 radical (unpaired) electrons. The number of hydrogen-bond donors (Lipinski definition) is 0. The Morgan fingerprint density at radius 3 is 1.78 bits per heavy atom. The van der Waals surface area contributed by atoms with Gasteiger partial charge in [0.1, 0.15) is 21.5 Å². The molecule has 2 aliphatic carbocycles. The van der Waals surface area contributed by atoms with E-state index in [0.717, 1.165) is 50.2 Å². The lowest BCUT2D eigenvalue weighted by Crippen LogP contribution is -2.53. The Morgan fingerprint density at radius 2 is 1.22 bits per heavy atom. The third-order valence-electron chi connectivity index (χ3n) is 12.7. The van der Waals surface area contributed by atoms with Gasteiger partial charge in [0.05, 0.1) is 16.7 Å². The summed E-state index contributed by atoms with van der Waals surface area (Å²) < 4.78 is 2.44. The second-order valence-corrected chi connectivity index (χ2v) is 16.2. The van der Waals surface area contributed by atoms with Crippen molar-refractivity contribution < 1.29 is 0 Å². The molecule has 3 aliphatic rings. The number of fused-ring (bicyclic) bond motifs is 12. The molecule has 0 N–H and O–H groups in total. The van der Waals surface area contributed by atoms with Crippen LogP contribution < -0.4 is 15.8 Å². The van der Waals surface area contributed by atoms with E-state index in [1.165, 1.54) is 27.8 Å². The summed E-state index contributed by atoms with van der Waals surface area (Å²) in [6.45, 7) is 20.8. The Bertz CT molecular complexity index is 2080. The van der Waals surface area contributed by atoms with E-state index in [-0.39, 0.29) is 21.7 Å². The van der Waals surface area contributed by atoms with Gasteiger partial charge in [-0.3, -0.25) is 4.57 Å². The second-order valence-electron chi connectivity index (χ2n) is 16.2. The first-order chi connectivity index (χ1) is 21.0. The van der Waals surface area contributed by atoms with Crippen LogP contribution in [0.2, 0.25) is 0 Å². The Kier molecular flexibility index (Phi) is 5.33. The lowest BCUT2D eigenvalue weighted by atomic mass is 9.58. The monoisotopic (exact) mass is 585 g/mol. The van der Waals surface area contributed by atoms with Gasteiger partial charge in [0.25, 0.3) is 0 Å². The van der Waals surface area contributed by atoms with Crippen molar-refractivity contribution in [2.24, 2.45) is 5.41 Å². The van der Waals surface area contributed by atoms with Crippen molar-refractivity contribution >= 4 is 43.3 Å². The molecule has 222 valence electrons. The smallest absolute Gasteiger partial charge is 0.172 e. The van der Waals surface area contributed by atoms with Crippen LogP contribution in [0.15, 0.2) is 66.7 Å². The number of hydrogen-bond acceptors (Lipinski definition) is 2. The highest BCUT2D eigenvalue weighted by molar-refractivity contribution is 6.46. The van der Waals surface area contributed by atoms with Crippen molar-refractivity contribution in [2.45, 2.75) is 84.2 Å². The van der Waals surface area contributed by atoms with E-state index in [4.69, 9.17) is 20.7 Å². The zero-order valence-electron chi connectivity index (χ0n) is 28.3. The maximum atomic E-state index is 7.53. The molecule has 0 saturated heterocycles. The molecule has 0 fully saturated rings. The average Bonchev–Trinajstić information content (AvgIpc) is 3.56. The Hall–Kier alpha value is -3.72. The molecule has 8 rings (SSSR count). The predicted molar refractivity (Wildman–Crippen MR) is 191 cm³/mol. The van der Waals surface area contributed by atoms with E-state index in [0.29, 0.717) is 0 Å². The highest BCUT2D eigenvalue weighted by Crippen LogP contribution is 2.62. The summed E-state index contributed by atoms with van der Waals surface area (Å²) in [4.78, 5) is 7.99. The van der Waals surface area contributed by atoms with E-state index in [1.807, 2.05) is 0 Å². The predicted octanol–water partition coefficient (Wildman–Crippen LogP) is 7.36. The van der Waals surface area contributed by atoms with Crippen molar-refractivity contribution in [1.82, 2.24) is 9.55 Å². The summed E-state index contributed by atoms with van der Waals surface area (Å²) >= 11 is 0. The van der Waals surface area contributed by atoms with Crippen LogP contribution >= 0.6 is 0 Å². The minimum Gasteiger partial charge on any atom is -0.343 e. The molecule has 4 aromatic carbocycles. The van der Waals surface area contributed by atoms with Crippen molar-refractivity contribution in [1.29, 1.82) is 0 Å². The molecule has 45 heavy (non-hydrogen) atoms. The molecular weight excluding hydrogens is 544 g/mol. The molecule has 5 aromatic rings.